The maximum absolute atomic E-state index is 15.5. The van der Waals surface area contributed by atoms with Gasteiger partial charge in [0.05, 0.1) is 28.9 Å². The van der Waals surface area contributed by atoms with E-state index >= 15 is 9.59 Å². The first-order valence-corrected chi connectivity index (χ1v) is 18.3. The molecule has 8 nitrogen and oxygen atoms in total. The molecule has 53 heavy (non-hydrogen) atoms. The van der Waals surface area contributed by atoms with Crippen molar-refractivity contribution in [2.45, 2.75) is 30.6 Å². The summed E-state index contributed by atoms with van der Waals surface area (Å²) in [7, 11) is 0. The predicted octanol–water partition coefficient (Wildman–Crippen LogP) is 7.31. The van der Waals surface area contributed by atoms with Crippen molar-refractivity contribution in [1.29, 1.82) is 0 Å². The van der Waals surface area contributed by atoms with Gasteiger partial charge in [-0.1, -0.05) is 102 Å². The summed E-state index contributed by atoms with van der Waals surface area (Å²) in [4.78, 5) is 61.7. The molecule has 9 rings (SSSR count). The van der Waals surface area contributed by atoms with Gasteiger partial charge < -0.3 is 10.2 Å². The molecule has 5 aromatic carbocycles. The second-order valence-corrected chi connectivity index (χ2v) is 15.0. The van der Waals surface area contributed by atoms with Crippen LogP contribution in [-0.2, 0) is 31.0 Å². The van der Waals surface area contributed by atoms with Gasteiger partial charge in [0, 0.05) is 23.0 Å². The number of benzene rings is 5. The maximum atomic E-state index is 15.5. The third-order valence-electron chi connectivity index (χ3n) is 12.1. The van der Waals surface area contributed by atoms with E-state index in [4.69, 9.17) is 11.6 Å². The van der Waals surface area contributed by atoms with E-state index in [1.807, 2.05) is 66.7 Å². The average Bonchev–Trinajstić information content (AvgIpc) is 3.55. The number of phenolic OH excluding ortho intramolecular Hbond substituents is 2. The fraction of sp³-hybridized carbons (Fsp3) is 0.227. The van der Waals surface area contributed by atoms with Gasteiger partial charge >= 0.3 is 0 Å². The van der Waals surface area contributed by atoms with Crippen molar-refractivity contribution in [2.24, 2.45) is 23.7 Å². The van der Waals surface area contributed by atoms with E-state index in [9.17, 15) is 19.8 Å². The number of aromatic hydroxyl groups is 2. The van der Waals surface area contributed by atoms with Crippen LogP contribution in [0.15, 0.2) is 127 Å². The van der Waals surface area contributed by atoms with E-state index in [1.165, 1.54) is 9.80 Å². The van der Waals surface area contributed by atoms with Gasteiger partial charge in [-0.25, -0.2) is 4.90 Å². The van der Waals surface area contributed by atoms with E-state index < -0.39 is 46.8 Å². The highest BCUT2D eigenvalue weighted by Gasteiger charge is 2.70. The van der Waals surface area contributed by atoms with Crippen molar-refractivity contribution >= 4 is 51.7 Å². The van der Waals surface area contributed by atoms with Gasteiger partial charge in [0.25, 0.3) is 0 Å². The van der Waals surface area contributed by atoms with Crippen molar-refractivity contribution in [2.75, 3.05) is 11.4 Å². The van der Waals surface area contributed by atoms with Crippen LogP contribution in [0.4, 0.5) is 5.69 Å². The number of nitrogens with zero attached hydrogens (tertiary/aromatic N) is 2. The minimum atomic E-state index is -1.50. The first kappa shape index (κ1) is 33.1. The molecule has 2 N–H and O–H groups in total. The largest absolute Gasteiger partial charge is 0.508 e. The van der Waals surface area contributed by atoms with Crippen LogP contribution in [0.5, 0.6) is 11.5 Å². The summed E-state index contributed by atoms with van der Waals surface area (Å²) < 4.78 is 0. The van der Waals surface area contributed by atoms with Crippen molar-refractivity contribution < 1.29 is 29.4 Å². The second kappa shape index (κ2) is 12.5. The highest BCUT2D eigenvalue weighted by atomic mass is 35.5. The zero-order valence-electron chi connectivity index (χ0n) is 28.6. The minimum absolute atomic E-state index is 0.0165. The summed E-state index contributed by atoms with van der Waals surface area (Å²) in [6, 6.07) is 33.8. The minimum Gasteiger partial charge on any atom is -0.508 e. The summed E-state index contributed by atoms with van der Waals surface area (Å²) in [6.45, 7) is 0.183. The molecule has 2 heterocycles. The van der Waals surface area contributed by atoms with E-state index in [1.54, 1.807) is 54.6 Å². The maximum Gasteiger partial charge on any atom is 0.246 e. The molecule has 2 aliphatic heterocycles. The standard InChI is InChI=1S/C44H35ClN2O6/c45-28-10-6-11-29(23-28)47-41(51)35-24-34-32(18-19-33-37(34)42(52)46(40(33)50)22-21-25-13-16-30(48)17-14-25)39(44(35,43(47)53)27-8-2-1-3-9-27)38-31-12-5-4-7-26(31)15-20-36(38)49/h1-18,20,23,33-35,37,39,48-49H,19,21-22,24H2. The van der Waals surface area contributed by atoms with Crippen LogP contribution in [0.3, 0.4) is 0 Å². The number of anilines is 1. The van der Waals surface area contributed by atoms with E-state index in [0.717, 1.165) is 21.9 Å². The van der Waals surface area contributed by atoms with Gasteiger partial charge in [-0.2, -0.15) is 0 Å². The molecule has 2 saturated heterocycles. The number of halogens is 1. The van der Waals surface area contributed by atoms with Crippen molar-refractivity contribution in [1.82, 2.24) is 4.90 Å². The quantitative estimate of drug-likeness (QED) is 0.140. The summed E-state index contributed by atoms with van der Waals surface area (Å²) in [5, 5.41) is 23.6. The monoisotopic (exact) mass is 722 g/mol. The average molecular weight is 723 g/mol. The molecule has 0 aromatic heterocycles. The Balaban J connectivity index is 1.24. The van der Waals surface area contributed by atoms with Crippen LogP contribution < -0.4 is 4.90 Å². The smallest absolute Gasteiger partial charge is 0.246 e. The number of amides is 4. The number of hydrogen-bond donors (Lipinski definition) is 2. The van der Waals surface area contributed by atoms with Crippen LogP contribution in [0.1, 0.15) is 35.4 Å². The molecular weight excluding hydrogens is 688 g/mol. The van der Waals surface area contributed by atoms with Gasteiger partial charge in [-0.15, -0.1) is 0 Å². The number of fused-ring (bicyclic) bond motifs is 5. The molecule has 1 saturated carbocycles. The van der Waals surface area contributed by atoms with Gasteiger partial charge in [0.1, 0.15) is 11.5 Å². The molecule has 5 aromatic rings. The predicted molar refractivity (Wildman–Crippen MR) is 200 cm³/mol. The Hall–Kier alpha value is -5.73. The number of imide groups is 2. The molecule has 4 aliphatic rings. The first-order chi connectivity index (χ1) is 25.7. The third kappa shape index (κ3) is 4.88. The van der Waals surface area contributed by atoms with Gasteiger partial charge in [-0.3, -0.25) is 24.1 Å². The zero-order chi connectivity index (χ0) is 36.6. The highest BCUT2D eigenvalue weighted by molar-refractivity contribution is 6.32. The fourth-order valence-electron chi connectivity index (χ4n) is 9.83. The molecule has 0 radical (unpaired) electrons. The van der Waals surface area contributed by atoms with Crippen LogP contribution in [0, 0.1) is 23.7 Å². The van der Waals surface area contributed by atoms with Crippen molar-refractivity contribution in [3.8, 4) is 11.5 Å². The molecule has 2 aliphatic carbocycles. The normalized spacial score (nSPS) is 26.4. The lowest BCUT2D eigenvalue weighted by Gasteiger charge is -2.51. The van der Waals surface area contributed by atoms with Gasteiger partial charge in [0.15, 0.2) is 0 Å². The van der Waals surface area contributed by atoms with Crippen LogP contribution in [0.2, 0.25) is 5.02 Å². The molecule has 264 valence electrons. The molecule has 6 unspecified atom stereocenters. The van der Waals surface area contributed by atoms with Crippen LogP contribution in [-0.4, -0.2) is 45.3 Å². The molecular formula is C44H35ClN2O6. The van der Waals surface area contributed by atoms with Gasteiger partial charge in [-0.05, 0) is 83.5 Å². The van der Waals surface area contributed by atoms with Crippen LogP contribution >= 0.6 is 11.6 Å². The first-order valence-electron chi connectivity index (χ1n) is 17.9. The summed E-state index contributed by atoms with van der Waals surface area (Å²) >= 11 is 6.43. The summed E-state index contributed by atoms with van der Waals surface area (Å²) in [6.07, 6.45) is 2.88. The number of hydrogen-bond acceptors (Lipinski definition) is 6. The van der Waals surface area contributed by atoms with Crippen molar-refractivity contribution in [3.05, 3.63) is 149 Å². The number of allylic oxidation sites excluding steroid dienone is 2. The Bertz CT molecular complexity index is 2380. The number of carbonyl (C=O) groups is 4. The lowest BCUT2D eigenvalue weighted by molar-refractivity contribution is -0.140. The number of phenols is 2. The SMILES string of the molecule is O=C1C2CC=C3C(CC4C(=O)N(c5cccc(Cl)c5)C(=O)C4(c4ccccc4)C3c3c(O)ccc4ccccc34)C2C(=O)N1CCc1ccc(O)cc1. The third-order valence-corrected chi connectivity index (χ3v) is 12.3. The van der Waals surface area contributed by atoms with Gasteiger partial charge in [0.2, 0.25) is 23.6 Å². The fourth-order valence-corrected chi connectivity index (χ4v) is 10.0. The molecule has 0 spiro atoms. The number of rotatable bonds is 6. The summed E-state index contributed by atoms with van der Waals surface area (Å²) in [5.74, 6) is -4.93. The topological polar surface area (TPSA) is 115 Å². The lowest BCUT2D eigenvalue weighted by atomic mass is 9.48. The molecule has 0 bridgehead atoms. The number of carbonyl (C=O) groups excluding carboxylic acids is 4. The molecule has 9 heteroatoms. The molecule has 3 fully saturated rings. The number of likely N-dealkylation sites (tertiary alicyclic amines) is 1. The van der Waals surface area contributed by atoms with Crippen molar-refractivity contribution in [3.63, 3.8) is 0 Å². The Morgan fingerprint density at radius 3 is 2.28 bits per heavy atom. The summed E-state index contributed by atoms with van der Waals surface area (Å²) in [5.41, 5.74) is 1.67. The van der Waals surface area contributed by atoms with E-state index in [-0.39, 0.29) is 42.7 Å². The van der Waals surface area contributed by atoms with Crippen LogP contribution in [0.25, 0.3) is 10.8 Å². The zero-order valence-corrected chi connectivity index (χ0v) is 29.3. The van der Waals surface area contributed by atoms with E-state index in [0.29, 0.717) is 28.3 Å². The Morgan fingerprint density at radius 1 is 0.755 bits per heavy atom. The Kier molecular flexibility index (Phi) is 7.78. The highest BCUT2D eigenvalue weighted by Crippen LogP contribution is 2.65. The van der Waals surface area contributed by atoms with E-state index in [2.05, 4.69) is 0 Å². The molecule has 4 amide bonds. The molecule has 6 atom stereocenters. The Labute approximate surface area is 310 Å². The Morgan fingerprint density at radius 2 is 1.51 bits per heavy atom. The lowest BCUT2D eigenvalue weighted by Crippen LogP contribution is -2.53. The second-order valence-electron chi connectivity index (χ2n) is 14.6.